The van der Waals surface area contributed by atoms with E-state index in [1.165, 1.54) is 11.1 Å². The fourth-order valence-corrected chi connectivity index (χ4v) is 3.05. The molecule has 0 radical (unpaired) electrons. The lowest BCUT2D eigenvalue weighted by Crippen LogP contribution is -2.30. The van der Waals surface area contributed by atoms with E-state index in [1.54, 1.807) is 6.92 Å². The van der Waals surface area contributed by atoms with Crippen LogP contribution in [0.4, 0.5) is 0 Å². The first-order valence-corrected chi connectivity index (χ1v) is 9.07. The van der Waals surface area contributed by atoms with Gasteiger partial charge in [0, 0.05) is 12.5 Å². The van der Waals surface area contributed by atoms with Crippen molar-refractivity contribution >= 4 is 5.97 Å². The Hall–Kier alpha value is -2.64. The molecule has 4 heteroatoms. The van der Waals surface area contributed by atoms with Crippen molar-refractivity contribution in [3.8, 4) is 17.2 Å². The summed E-state index contributed by atoms with van der Waals surface area (Å²) < 4.78 is 5.11. The second-order valence-corrected chi connectivity index (χ2v) is 6.41. The molecule has 2 aromatic carbocycles. The van der Waals surface area contributed by atoms with Crippen LogP contribution in [0.5, 0.6) is 0 Å². The number of nitrogens with two attached hydrogens (primary N) is 1. The number of ether oxygens (including phenoxy) is 1. The van der Waals surface area contributed by atoms with Gasteiger partial charge in [0.1, 0.15) is 0 Å². The predicted molar refractivity (Wildman–Crippen MR) is 103 cm³/mol. The van der Waals surface area contributed by atoms with Gasteiger partial charge in [0.05, 0.1) is 18.6 Å². The van der Waals surface area contributed by atoms with Crippen molar-refractivity contribution in [2.45, 2.75) is 38.6 Å². The summed E-state index contributed by atoms with van der Waals surface area (Å²) in [5.74, 6) is -0.564. The Morgan fingerprint density at radius 2 is 1.77 bits per heavy atom. The highest BCUT2D eigenvalue weighted by atomic mass is 16.5. The monoisotopic (exact) mass is 350 g/mol. The van der Waals surface area contributed by atoms with Crippen LogP contribution in [0.15, 0.2) is 54.6 Å². The second-order valence-electron chi connectivity index (χ2n) is 6.41. The van der Waals surface area contributed by atoms with Gasteiger partial charge in [-0.1, -0.05) is 54.6 Å². The number of carbonyl (C=O) groups is 1. The molecule has 2 N–H and O–H groups in total. The molecule has 0 aliphatic heterocycles. The molecule has 0 unspecified atom stereocenters. The summed E-state index contributed by atoms with van der Waals surface area (Å²) in [4.78, 5) is 12.1. The summed E-state index contributed by atoms with van der Waals surface area (Å²) in [7, 11) is 0. The molecule has 2 rings (SSSR count). The van der Waals surface area contributed by atoms with Gasteiger partial charge in [-0.05, 0) is 42.9 Å². The van der Waals surface area contributed by atoms with Gasteiger partial charge in [0.15, 0.2) is 0 Å². The van der Waals surface area contributed by atoms with Gasteiger partial charge in [-0.25, -0.2) is 0 Å². The van der Waals surface area contributed by atoms with E-state index in [2.05, 4.69) is 42.5 Å². The van der Waals surface area contributed by atoms with Crippen molar-refractivity contribution in [3.05, 3.63) is 60.2 Å². The average molecular weight is 350 g/mol. The fraction of sp³-hybridized carbons (Fsp3) is 0.364. The summed E-state index contributed by atoms with van der Waals surface area (Å²) >= 11 is 0. The van der Waals surface area contributed by atoms with E-state index < -0.39 is 0 Å². The van der Waals surface area contributed by atoms with E-state index in [4.69, 9.17) is 15.7 Å². The number of benzene rings is 2. The molecular formula is C22H26N2O2. The SMILES string of the molecule is CCOC(=O)[C@H](CCC#N)C[C@H](N)Cc1ccc(-c2ccccc2)cc1. The minimum Gasteiger partial charge on any atom is -0.466 e. The van der Waals surface area contributed by atoms with Crippen molar-refractivity contribution < 1.29 is 9.53 Å². The van der Waals surface area contributed by atoms with Crippen molar-refractivity contribution in [1.82, 2.24) is 0 Å². The Balaban J connectivity index is 1.96. The first-order valence-electron chi connectivity index (χ1n) is 9.07. The molecule has 0 fully saturated rings. The number of hydrogen-bond acceptors (Lipinski definition) is 4. The molecule has 4 nitrogen and oxygen atoms in total. The zero-order valence-electron chi connectivity index (χ0n) is 15.2. The molecule has 0 bridgehead atoms. The highest BCUT2D eigenvalue weighted by Gasteiger charge is 2.22. The third-order valence-electron chi connectivity index (χ3n) is 4.37. The van der Waals surface area contributed by atoms with Crippen molar-refractivity contribution in [2.24, 2.45) is 11.7 Å². The lowest BCUT2D eigenvalue weighted by Gasteiger charge is -2.19. The topological polar surface area (TPSA) is 76.1 Å². The summed E-state index contributed by atoms with van der Waals surface area (Å²) in [6, 6.07) is 20.5. The first-order chi connectivity index (χ1) is 12.6. The molecule has 0 spiro atoms. The minimum atomic E-state index is -0.312. The standard InChI is InChI=1S/C22H26N2O2/c1-2-26-22(25)20(9-6-14-23)16-21(24)15-17-10-12-19(13-11-17)18-7-4-3-5-8-18/h3-5,7-8,10-13,20-21H,2,6,9,15-16,24H2,1H3/t20-,21-/m1/s1. The van der Waals surface area contributed by atoms with Crippen LogP contribution in [0.3, 0.4) is 0 Å². The Labute approximate surface area is 155 Å². The molecule has 136 valence electrons. The molecule has 0 amide bonds. The van der Waals surface area contributed by atoms with Gasteiger partial charge in [0.25, 0.3) is 0 Å². The van der Waals surface area contributed by atoms with Crippen LogP contribution in [0, 0.1) is 17.2 Å². The van der Waals surface area contributed by atoms with E-state index >= 15 is 0 Å². The molecule has 0 saturated carbocycles. The van der Waals surface area contributed by atoms with Crippen molar-refractivity contribution in [1.29, 1.82) is 5.26 Å². The molecule has 2 atom stereocenters. The van der Waals surface area contributed by atoms with Crippen LogP contribution in [0.2, 0.25) is 0 Å². The number of nitrogens with zero attached hydrogens (tertiary/aromatic N) is 1. The summed E-state index contributed by atoms with van der Waals surface area (Å²) in [6.45, 7) is 2.13. The molecule has 0 saturated heterocycles. The van der Waals surface area contributed by atoms with Crippen LogP contribution >= 0.6 is 0 Å². The maximum Gasteiger partial charge on any atom is 0.309 e. The maximum atomic E-state index is 12.1. The molecule has 0 aliphatic carbocycles. The van der Waals surface area contributed by atoms with Gasteiger partial charge in [-0.15, -0.1) is 0 Å². The smallest absolute Gasteiger partial charge is 0.309 e. The van der Waals surface area contributed by atoms with E-state index in [0.29, 0.717) is 32.3 Å². The predicted octanol–water partition coefficient (Wildman–Crippen LogP) is 4.10. The number of rotatable bonds is 9. The Kier molecular flexibility index (Phi) is 7.85. The lowest BCUT2D eigenvalue weighted by atomic mass is 9.92. The number of nitriles is 1. The van der Waals surface area contributed by atoms with E-state index in [-0.39, 0.29) is 17.9 Å². The van der Waals surface area contributed by atoms with Crippen LogP contribution in [-0.4, -0.2) is 18.6 Å². The largest absolute Gasteiger partial charge is 0.466 e. The molecule has 2 aromatic rings. The van der Waals surface area contributed by atoms with Crippen molar-refractivity contribution in [3.63, 3.8) is 0 Å². The van der Waals surface area contributed by atoms with Crippen LogP contribution < -0.4 is 5.73 Å². The summed E-state index contributed by atoms with van der Waals surface area (Å²) in [5, 5.41) is 8.78. The number of esters is 1. The van der Waals surface area contributed by atoms with Crippen LogP contribution in [0.1, 0.15) is 31.7 Å². The van der Waals surface area contributed by atoms with Gasteiger partial charge in [0.2, 0.25) is 0 Å². The van der Waals surface area contributed by atoms with E-state index in [1.807, 2.05) is 18.2 Å². The highest BCUT2D eigenvalue weighted by Crippen LogP contribution is 2.21. The molecular weight excluding hydrogens is 324 g/mol. The highest BCUT2D eigenvalue weighted by molar-refractivity contribution is 5.72. The first kappa shape index (κ1) is 19.7. The molecule has 0 aliphatic rings. The molecule has 26 heavy (non-hydrogen) atoms. The molecule has 0 heterocycles. The number of hydrogen-bond donors (Lipinski definition) is 1. The second kappa shape index (κ2) is 10.4. The zero-order valence-corrected chi connectivity index (χ0v) is 15.2. The summed E-state index contributed by atoms with van der Waals surface area (Å²) in [5.41, 5.74) is 9.76. The van der Waals surface area contributed by atoms with Crippen LogP contribution in [-0.2, 0) is 16.0 Å². The third-order valence-corrected chi connectivity index (χ3v) is 4.37. The molecule has 0 aromatic heterocycles. The van der Waals surface area contributed by atoms with Gasteiger partial charge >= 0.3 is 5.97 Å². The summed E-state index contributed by atoms with van der Waals surface area (Å²) in [6.07, 6.45) is 2.05. The minimum absolute atomic E-state index is 0.148. The quantitative estimate of drug-likeness (QED) is 0.691. The van der Waals surface area contributed by atoms with Crippen molar-refractivity contribution in [2.75, 3.05) is 6.61 Å². The third kappa shape index (κ3) is 6.02. The van der Waals surface area contributed by atoms with Gasteiger partial charge < -0.3 is 10.5 Å². The fourth-order valence-electron chi connectivity index (χ4n) is 3.05. The Morgan fingerprint density at radius 1 is 1.12 bits per heavy atom. The van der Waals surface area contributed by atoms with Gasteiger partial charge in [-0.3, -0.25) is 4.79 Å². The van der Waals surface area contributed by atoms with Crippen LogP contribution in [0.25, 0.3) is 11.1 Å². The van der Waals surface area contributed by atoms with E-state index in [9.17, 15) is 4.79 Å². The normalized spacial score (nSPS) is 12.8. The Morgan fingerprint density at radius 3 is 2.38 bits per heavy atom. The average Bonchev–Trinajstić information content (AvgIpc) is 2.66. The maximum absolute atomic E-state index is 12.1. The Bertz CT molecular complexity index is 720. The van der Waals surface area contributed by atoms with E-state index in [0.717, 1.165) is 5.56 Å². The lowest BCUT2D eigenvalue weighted by molar-refractivity contribution is -0.148. The van der Waals surface area contributed by atoms with Gasteiger partial charge in [-0.2, -0.15) is 5.26 Å². The zero-order chi connectivity index (χ0) is 18.8. The number of carbonyl (C=O) groups excluding carboxylic acids is 1.